The summed E-state index contributed by atoms with van der Waals surface area (Å²) in [6, 6.07) is 44.6. The minimum atomic E-state index is 0.497. The summed E-state index contributed by atoms with van der Waals surface area (Å²) in [6.07, 6.45) is 4.16. The maximum Gasteiger partial charge on any atom is 0.124 e. The monoisotopic (exact) mass is 498 g/mol. The highest BCUT2D eigenvalue weighted by Gasteiger charge is 2.04. The molecule has 0 aliphatic heterocycles. The van der Waals surface area contributed by atoms with Crippen molar-refractivity contribution in [2.75, 3.05) is 0 Å². The largest absolute Gasteiger partial charge is 0.489 e. The third-order valence-corrected chi connectivity index (χ3v) is 6.00. The maximum absolute atomic E-state index is 6.13. The summed E-state index contributed by atoms with van der Waals surface area (Å²) in [4.78, 5) is 0. The Bertz CT molecular complexity index is 1370. The standard InChI is InChI=1S/C35H30O3/c1-4-10-29(11-5-1)25-36-33-20-18-28(19-21-33)16-17-32-22-34(37-26-30-12-6-2-7-13-30)24-35(23-32)38-27-31-14-8-3-9-15-31/h1-24H,25-27H2/b17-16-. The first kappa shape index (κ1) is 24.9. The van der Waals surface area contributed by atoms with Gasteiger partial charge in [-0.3, -0.25) is 0 Å². The van der Waals surface area contributed by atoms with Crippen molar-refractivity contribution in [2.24, 2.45) is 0 Å². The van der Waals surface area contributed by atoms with E-state index in [0.29, 0.717) is 19.8 Å². The first-order chi connectivity index (χ1) is 18.8. The third-order valence-electron chi connectivity index (χ3n) is 6.00. The van der Waals surface area contributed by atoms with Gasteiger partial charge >= 0.3 is 0 Å². The van der Waals surface area contributed by atoms with Gasteiger partial charge in [-0.2, -0.15) is 0 Å². The third kappa shape index (κ3) is 7.62. The SMILES string of the molecule is C(=C/c1cc(OCc2ccccc2)cc(OCc2ccccc2)c1)/c1ccc(OCc2ccccc2)cc1. The van der Waals surface area contributed by atoms with Crippen molar-refractivity contribution < 1.29 is 14.2 Å². The Balaban J connectivity index is 1.27. The maximum atomic E-state index is 6.13. The molecule has 3 heteroatoms. The topological polar surface area (TPSA) is 27.7 Å². The van der Waals surface area contributed by atoms with Gasteiger partial charge in [0.05, 0.1) is 0 Å². The molecule has 0 saturated heterocycles. The summed E-state index contributed by atoms with van der Waals surface area (Å²) < 4.78 is 18.2. The molecular weight excluding hydrogens is 468 g/mol. The quantitative estimate of drug-likeness (QED) is 0.171. The summed E-state index contributed by atoms with van der Waals surface area (Å²) >= 11 is 0. The molecule has 0 fully saturated rings. The average molecular weight is 499 g/mol. The van der Waals surface area contributed by atoms with E-state index >= 15 is 0 Å². The van der Waals surface area contributed by atoms with Crippen molar-refractivity contribution >= 4 is 12.2 Å². The Morgan fingerprint density at radius 2 is 0.763 bits per heavy atom. The van der Waals surface area contributed by atoms with Crippen LogP contribution >= 0.6 is 0 Å². The van der Waals surface area contributed by atoms with Gasteiger partial charge in [-0.1, -0.05) is 115 Å². The number of hydrogen-bond acceptors (Lipinski definition) is 3. The molecule has 0 heterocycles. The molecule has 0 aromatic heterocycles. The van der Waals surface area contributed by atoms with E-state index in [-0.39, 0.29) is 0 Å². The van der Waals surface area contributed by atoms with Crippen LogP contribution < -0.4 is 14.2 Å². The molecule has 5 aromatic rings. The Morgan fingerprint density at radius 1 is 0.368 bits per heavy atom. The molecule has 0 amide bonds. The van der Waals surface area contributed by atoms with E-state index in [4.69, 9.17) is 14.2 Å². The normalized spacial score (nSPS) is 10.8. The summed E-state index contributed by atoms with van der Waals surface area (Å²) in [5, 5.41) is 0. The molecule has 0 aliphatic carbocycles. The van der Waals surface area contributed by atoms with Gasteiger partial charge in [-0.25, -0.2) is 0 Å². The summed E-state index contributed by atoms with van der Waals surface area (Å²) in [6.45, 7) is 1.55. The second-order valence-corrected chi connectivity index (χ2v) is 8.96. The highest BCUT2D eigenvalue weighted by molar-refractivity contribution is 5.71. The van der Waals surface area contributed by atoms with E-state index in [1.54, 1.807) is 0 Å². The lowest BCUT2D eigenvalue weighted by molar-refractivity contribution is 0.290. The number of rotatable bonds is 11. The summed E-state index contributed by atoms with van der Waals surface area (Å²) in [5.74, 6) is 2.38. The Kier molecular flexibility index (Phi) is 8.51. The van der Waals surface area contributed by atoms with E-state index in [2.05, 4.69) is 60.7 Å². The molecule has 3 nitrogen and oxygen atoms in total. The van der Waals surface area contributed by atoms with E-state index in [9.17, 15) is 0 Å². The Morgan fingerprint density at radius 3 is 1.21 bits per heavy atom. The molecule has 5 aromatic carbocycles. The molecule has 0 saturated carbocycles. The second-order valence-electron chi connectivity index (χ2n) is 8.96. The predicted octanol–water partition coefficient (Wildman–Crippen LogP) is 8.59. The number of benzene rings is 5. The lowest BCUT2D eigenvalue weighted by Crippen LogP contribution is -1.98. The second kappa shape index (κ2) is 13.0. The van der Waals surface area contributed by atoms with Crippen LogP contribution in [0.3, 0.4) is 0 Å². The lowest BCUT2D eigenvalue weighted by atomic mass is 10.1. The van der Waals surface area contributed by atoms with E-state index < -0.39 is 0 Å². The van der Waals surface area contributed by atoms with Crippen LogP contribution in [0.25, 0.3) is 12.2 Å². The van der Waals surface area contributed by atoms with Crippen LogP contribution in [-0.2, 0) is 19.8 Å². The van der Waals surface area contributed by atoms with Crippen LogP contribution in [0.15, 0.2) is 133 Å². The molecule has 0 radical (unpaired) electrons. The lowest BCUT2D eigenvalue weighted by Gasteiger charge is -2.12. The molecule has 188 valence electrons. The van der Waals surface area contributed by atoms with Gasteiger partial charge in [0, 0.05) is 6.07 Å². The van der Waals surface area contributed by atoms with Crippen molar-refractivity contribution in [1.29, 1.82) is 0 Å². The fraction of sp³-hybridized carbons (Fsp3) is 0.0857. The van der Waals surface area contributed by atoms with Gasteiger partial charge in [-0.05, 0) is 52.1 Å². The molecule has 0 spiro atoms. The van der Waals surface area contributed by atoms with Gasteiger partial charge in [0.1, 0.15) is 37.1 Å². The zero-order chi connectivity index (χ0) is 25.8. The van der Waals surface area contributed by atoms with Crippen LogP contribution in [0.2, 0.25) is 0 Å². The van der Waals surface area contributed by atoms with Crippen molar-refractivity contribution in [3.8, 4) is 17.2 Å². The Labute approximate surface area is 224 Å². The van der Waals surface area contributed by atoms with Crippen molar-refractivity contribution in [3.63, 3.8) is 0 Å². The van der Waals surface area contributed by atoms with Gasteiger partial charge in [-0.15, -0.1) is 0 Å². The average Bonchev–Trinajstić information content (AvgIpc) is 2.99. The van der Waals surface area contributed by atoms with Crippen molar-refractivity contribution in [3.05, 3.63) is 161 Å². The highest BCUT2D eigenvalue weighted by atomic mass is 16.5. The van der Waals surface area contributed by atoms with Crippen LogP contribution in [0.5, 0.6) is 17.2 Å². The van der Waals surface area contributed by atoms with Crippen LogP contribution in [-0.4, -0.2) is 0 Å². The fourth-order valence-electron chi connectivity index (χ4n) is 3.95. The fourth-order valence-corrected chi connectivity index (χ4v) is 3.95. The van der Waals surface area contributed by atoms with Crippen molar-refractivity contribution in [2.45, 2.75) is 19.8 Å². The summed E-state index contributed by atoms with van der Waals surface area (Å²) in [5.41, 5.74) is 5.48. The molecule has 0 bridgehead atoms. The van der Waals surface area contributed by atoms with Crippen LogP contribution in [0, 0.1) is 0 Å². The zero-order valence-electron chi connectivity index (χ0n) is 21.2. The van der Waals surface area contributed by atoms with Gasteiger partial charge in [0.2, 0.25) is 0 Å². The smallest absolute Gasteiger partial charge is 0.124 e. The molecule has 0 unspecified atom stereocenters. The van der Waals surface area contributed by atoms with Crippen LogP contribution in [0.4, 0.5) is 0 Å². The molecule has 0 N–H and O–H groups in total. The van der Waals surface area contributed by atoms with Gasteiger partial charge < -0.3 is 14.2 Å². The highest BCUT2D eigenvalue weighted by Crippen LogP contribution is 2.26. The predicted molar refractivity (Wildman–Crippen MR) is 154 cm³/mol. The first-order valence-corrected chi connectivity index (χ1v) is 12.7. The molecule has 38 heavy (non-hydrogen) atoms. The Hall–Kier alpha value is -4.76. The van der Waals surface area contributed by atoms with E-state index in [1.807, 2.05) is 84.9 Å². The number of hydrogen-bond donors (Lipinski definition) is 0. The van der Waals surface area contributed by atoms with Gasteiger partial charge in [0.25, 0.3) is 0 Å². The first-order valence-electron chi connectivity index (χ1n) is 12.7. The number of ether oxygens (including phenoxy) is 3. The van der Waals surface area contributed by atoms with E-state index in [1.165, 1.54) is 0 Å². The molecule has 0 atom stereocenters. The zero-order valence-corrected chi connectivity index (χ0v) is 21.2. The minimum absolute atomic E-state index is 0.497. The van der Waals surface area contributed by atoms with Crippen molar-refractivity contribution in [1.82, 2.24) is 0 Å². The van der Waals surface area contributed by atoms with Gasteiger partial charge in [0.15, 0.2) is 0 Å². The molecule has 5 rings (SSSR count). The molecular formula is C35H30O3. The minimum Gasteiger partial charge on any atom is -0.489 e. The van der Waals surface area contributed by atoms with Crippen LogP contribution in [0.1, 0.15) is 27.8 Å². The summed E-state index contributed by atoms with van der Waals surface area (Å²) in [7, 11) is 0. The molecule has 0 aliphatic rings. The van der Waals surface area contributed by atoms with E-state index in [0.717, 1.165) is 45.1 Å².